The summed E-state index contributed by atoms with van der Waals surface area (Å²) in [4.78, 5) is 17.2. The van der Waals surface area contributed by atoms with E-state index in [0.717, 1.165) is 27.6 Å². The summed E-state index contributed by atoms with van der Waals surface area (Å²) in [6, 6.07) is 16.7. The molecule has 198 valence electrons. The second-order valence-corrected chi connectivity index (χ2v) is 8.71. The first kappa shape index (κ1) is 26.6. The predicted molar refractivity (Wildman–Crippen MR) is 147 cm³/mol. The van der Waals surface area contributed by atoms with E-state index in [0.29, 0.717) is 41.0 Å². The van der Waals surface area contributed by atoms with E-state index in [1.165, 1.54) is 0 Å². The van der Waals surface area contributed by atoms with E-state index in [9.17, 15) is 4.79 Å². The van der Waals surface area contributed by atoms with Crippen molar-refractivity contribution in [3.05, 3.63) is 77.5 Å². The molecule has 1 heterocycles. The van der Waals surface area contributed by atoms with Crippen LogP contribution in [0.3, 0.4) is 0 Å². The smallest absolute Gasteiger partial charge is 0.412 e. The lowest BCUT2D eigenvalue weighted by Crippen LogP contribution is -2.17. The molecular formula is C30H32N2O6. The molecule has 1 atom stereocenters. The molecular weight excluding hydrogens is 484 g/mol. The van der Waals surface area contributed by atoms with Gasteiger partial charge in [0.1, 0.15) is 23.4 Å². The Morgan fingerprint density at radius 1 is 0.895 bits per heavy atom. The van der Waals surface area contributed by atoms with E-state index in [2.05, 4.69) is 10.3 Å². The number of carbonyl (C=O) groups is 1. The number of benzene rings is 3. The van der Waals surface area contributed by atoms with Crippen molar-refractivity contribution in [2.75, 3.05) is 26.1 Å². The Balaban J connectivity index is 1.52. The van der Waals surface area contributed by atoms with Crippen LogP contribution in [0.15, 0.2) is 60.8 Å². The average Bonchev–Trinajstić information content (AvgIpc) is 2.91. The van der Waals surface area contributed by atoms with Crippen molar-refractivity contribution in [1.82, 2.24) is 4.98 Å². The molecule has 0 aliphatic carbocycles. The molecule has 0 aliphatic rings. The standard InChI is InChI=1S/C30H32N2O6/c1-7-36-25-11-9-8-10-21(25)20(4)37-30(33)32-23-14-19(3)27(15-18(23)2)38-26-12-13-31-24-17-29(35-6)28(34-5)16-22(24)26/h8-17,20H,7H2,1-6H3,(H,32,33). The molecule has 1 amide bonds. The van der Waals surface area contributed by atoms with E-state index in [1.807, 2.05) is 76.2 Å². The largest absolute Gasteiger partial charge is 0.493 e. The van der Waals surface area contributed by atoms with Crippen LogP contribution in [0.1, 0.15) is 36.6 Å². The van der Waals surface area contributed by atoms with Crippen LogP contribution in [0.5, 0.6) is 28.7 Å². The van der Waals surface area contributed by atoms with Gasteiger partial charge in [0, 0.05) is 28.9 Å². The van der Waals surface area contributed by atoms with Crippen molar-refractivity contribution < 1.29 is 28.5 Å². The maximum Gasteiger partial charge on any atom is 0.412 e. The van der Waals surface area contributed by atoms with Gasteiger partial charge in [-0.2, -0.15) is 0 Å². The van der Waals surface area contributed by atoms with Crippen LogP contribution >= 0.6 is 0 Å². The Hall–Kier alpha value is -4.46. The van der Waals surface area contributed by atoms with E-state index in [4.69, 9.17) is 23.7 Å². The molecule has 8 nitrogen and oxygen atoms in total. The minimum Gasteiger partial charge on any atom is -0.493 e. The van der Waals surface area contributed by atoms with Crippen molar-refractivity contribution in [2.24, 2.45) is 0 Å². The molecule has 0 spiro atoms. The number of aromatic nitrogens is 1. The van der Waals surface area contributed by atoms with Gasteiger partial charge in [0.25, 0.3) is 0 Å². The zero-order chi connectivity index (χ0) is 27.2. The topological polar surface area (TPSA) is 88.1 Å². The minimum atomic E-state index is -0.554. The van der Waals surface area contributed by atoms with Gasteiger partial charge in [-0.1, -0.05) is 18.2 Å². The van der Waals surface area contributed by atoms with Crippen molar-refractivity contribution in [1.29, 1.82) is 0 Å². The highest BCUT2D eigenvalue weighted by molar-refractivity contribution is 5.89. The highest BCUT2D eigenvalue weighted by atomic mass is 16.6. The monoisotopic (exact) mass is 516 g/mol. The van der Waals surface area contributed by atoms with Crippen molar-refractivity contribution in [2.45, 2.75) is 33.8 Å². The Morgan fingerprint density at radius 2 is 1.63 bits per heavy atom. The number of rotatable bonds is 9. The zero-order valence-corrected chi connectivity index (χ0v) is 22.5. The number of methoxy groups -OCH3 is 2. The summed E-state index contributed by atoms with van der Waals surface area (Å²) in [6.45, 7) is 8.07. The van der Waals surface area contributed by atoms with Crippen LogP contribution in [-0.4, -0.2) is 31.9 Å². The SMILES string of the molecule is CCOc1ccccc1C(C)OC(=O)Nc1cc(C)c(Oc2ccnc3cc(OC)c(OC)cc23)cc1C. The number of hydrogen-bond donors (Lipinski definition) is 1. The first-order valence-electron chi connectivity index (χ1n) is 12.3. The number of nitrogens with zero attached hydrogens (tertiary/aromatic N) is 1. The number of para-hydroxylation sites is 1. The van der Waals surface area contributed by atoms with Gasteiger partial charge in [-0.05, 0) is 69.2 Å². The maximum absolute atomic E-state index is 12.7. The van der Waals surface area contributed by atoms with E-state index >= 15 is 0 Å². The van der Waals surface area contributed by atoms with E-state index < -0.39 is 12.2 Å². The number of pyridine rings is 1. The fraction of sp³-hybridized carbons (Fsp3) is 0.267. The molecule has 38 heavy (non-hydrogen) atoms. The normalized spacial score (nSPS) is 11.5. The number of fused-ring (bicyclic) bond motifs is 1. The summed E-state index contributed by atoms with van der Waals surface area (Å²) in [7, 11) is 3.17. The lowest BCUT2D eigenvalue weighted by atomic mass is 10.1. The summed E-state index contributed by atoms with van der Waals surface area (Å²) in [6.07, 6.45) is 0.640. The quantitative estimate of drug-likeness (QED) is 0.248. The molecule has 8 heteroatoms. The molecule has 1 unspecified atom stereocenters. The van der Waals surface area contributed by atoms with Gasteiger partial charge in [0.2, 0.25) is 0 Å². The number of hydrogen-bond acceptors (Lipinski definition) is 7. The highest BCUT2D eigenvalue weighted by Crippen LogP contribution is 2.38. The number of ether oxygens (including phenoxy) is 5. The van der Waals surface area contributed by atoms with Crippen LogP contribution in [0.25, 0.3) is 10.9 Å². The third-order valence-corrected chi connectivity index (χ3v) is 6.13. The number of amides is 1. The Kier molecular flexibility index (Phi) is 8.21. The van der Waals surface area contributed by atoms with Gasteiger partial charge in [-0.3, -0.25) is 10.3 Å². The maximum atomic E-state index is 12.7. The van der Waals surface area contributed by atoms with Gasteiger partial charge in [-0.25, -0.2) is 4.79 Å². The third-order valence-electron chi connectivity index (χ3n) is 6.13. The predicted octanol–water partition coefficient (Wildman–Crippen LogP) is 7.37. The average molecular weight is 517 g/mol. The van der Waals surface area contributed by atoms with Crippen LogP contribution in [-0.2, 0) is 4.74 Å². The molecule has 1 aromatic heterocycles. The van der Waals surface area contributed by atoms with Gasteiger partial charge >= 0.3 is 6.09 Å². The van der Waals surface area contributed by atoms with Crippen molar-refractivity contribution in [3.8, 4) is 28.7 Å². The summed E-state index contributed by atoms with van der Waals surface area (Å²) >= 11 is 0. The Bertz CT molecular complexity index is 1450. The molecule has 0 saturated heterocycles. The third kappa shape index (κ3) is 5.75. The van der Waals surface area contributed by atoms with E-state index in [1.54, 1.807) is 26.5 Å². The molecule has 1 N–H and O–H groups in total. The van der Waals surface area contributed by atoms with Gasteiger partial charge in [-0.15, -0.1) is 0 Å². The van der Waals surface area contributed by atoms with Gasteiger partial charge < -0.3 is 23.7 Å². The molecule has 4 aromatic rings. The summed E-state index contributed by atoms with van der Waals surface area (Å²) < 4.78 is 28.5. The summed E-state index contributed by atoms with van der Waals surface area (Å²) in [5.74, 6) is 3.16. The number of carbonyl (C=O) groups excluding carboxylic acids is 1. The van der Waals surface area contributed by atoms with E-state index in [-0.39, 0.29) is 0 Å². The van der Waals surface area contributed by atoms with Gasteiger partial charge in [0.15, 0.2) is 11.5 Å². The molecule has 0 fully saturated rings. The molecule has 0 bridgehead atoms. The van der Waals surface area contributed by atoms with Crippen LogP contribution < -0.4 is 24.3 Å². The fourth-order valence-corrected chi connectivity index (χ4v) is 4.16. The molecule has 0 saturated carbocycles. The Labute approximate surface area is 222 Å². The zero-order valence-electron chi connectivity index (χ0n) is 22.5. The van der Waals surface area contributed by atoms with Crippen LogP contribution in [0.2, 0.25) is 0 Å². The van der Waals surface area contributed by atoms with Crippen LogP contribution in [0, 0.1) is 13.8 Å². The second kappa shape index (κ2) is 11.7. The lowest BCUT2D eigenvalue weighted by Gasteiger charge is -2.19. The minimum absolute atomic E-state index is 0.489. The van der Waals surface area contributed by atoms with Crippen molar-refractivity contribution >= 4 is 22.7 Å². The molecule has 0 aliphatic heterocycles. The summed E-state index contributed by atoms with van der Waals surface area (Å²) in [5.41, 5.74) is 3.82. The summed E-state index contributed by atoms with van der Waals surface area (Å²) in [5, 5.41) is 3.64. The number of aryl methyl sites for hydroxylation is 2. The molecule has 3 aromatic carbocycles. The number of nitrogens with one attached hydrogen (secondary N) is 1. The molecule has 0 radical (unpaired) electrons. The second-order valence-electron chi connectivity index (χ2n) is 8.71. The first-order valence-corrected chi connectivity index (χ1v) is 12.3. The fourth-order valence-electron chi connectivity index (χ4n) is 4.16. The lowest BCUT2D eigenvalue weighted by molar-refractivity contribution is 0.119. The highest BCUT2D eigenvalue weighted by Gasteiger charge is 2.18. The van der Waals surface area contributed by atoms with Crippen LogP contribution in [0.4, 0.5) is 10.5 Å². The molecule has 4 rings (SSSR count). The first-order chi connectivity index (χ1) is 18.3. The Morgan fingerprint density at radius 3 is 2.37 bits per heavy atom. The van der Waals surface area contributed by atoms with Gasteiger partial charge in [0.05, 0.1) is 26.3 Å². The number of anilines is 1. The van der Waals surface area contributed by atoms with Crippen molar-refractivity contribution in [3.63, 3.8) is 0 Å².